The number of anilines is 1. The van der Waals surface area contributed by atoms with Crippen LogP contribution in [0.5, 0.6) is 0 Å². The Morgan fingerprint density at radius 3 is 2.82 bits per heavy atom. The van der Waals surface area contributed by atoms with Gasteiger partial charge < -0.3 is 20.3 Å². The molecule has 0 aliphatic carbocycles. The molecule has 2 N–H and O–H groups in total. The molecular formula is C17H27N3O2. The van der Waals surface area contributed by atoms with Gasteiger partial charge in [-0.3, -0.25) is 4.79 Å². The molecule has 0 aromatic heterocycles. The van der Waals surface area contributed by atoms with Crippen molar-refractivity contribution >= 4 is 11.6 Å². The molecule has 0 radical (unpaired) electrons. The number of aryl methyl sites for hydroxylation is 1. The maximum Gasteiger partial charge on any atom is 0.236 e. The van der Waals surface area contributed by atoms with E-state index in [2.05, 4.69) is 41.8 Å². The third kappa shape index (κ3) is 5.31. The quantitative estimate of drug-likeness (QED) is 0.752. The Balaban J connectivity index is 1.70. The van der Waals surface area contributed by atoms with Gasteiger partial charge in [0.2, 0.25) is 5.91 Å². The number of benzene rings is 1. The predicted octanol–water partition coefficient (Wildman–Crippen LogP) is 1.63. The van der Waals surface area contributed by atoms with Gasteiger partial charge in [0.05, 0.1) is 13.2 Å². The Hall–Kier alpha value is -1.59. The molecule has 2 rings (SSSR count). The van der Waals surface area contributed by atoms with Gasteiger partial charge in [-0.2, -0.15) is 0 Å². The Bertz CT molecular complexity index is 471. The lowest BCUT2D eigenvalue weighted by Crippen LogP contribution is -2.45. The Kier molecular flexibility index (Phi) is 6.68. The van der Waals surface area contributed by atoms with Gasteiger partial charge in [0, 0.05) is 38.5 Å². The molecule has 1 aromatic carbocycles. The van der Waals surface area contributed by atoms with Crippen LogP contribution in [0.25, 0.3) is 0 Å². The number of nitrogens with one attached hydrogen (secondary N) is 2. The van der Waals surface area contributed by atoms with Crippen LogP contribution in [-0.2, 0) is 9.53 Å². The normalized spacial score (nSPS) is 15.8. The van der Waals surface area contributed by atoms with Crippen molar-refractivity contribution in [2.75, 3.05) is 45.2 Å². The molecule has 1 aliphatic rings. The first-order valence-corrected chi connectivity index (χ1v) is 7.99. The molecule has 1 fully saturated rings. The number of ether oxygens (including phenoxy) is 1. The number of hydrogen-bond donors (Lipinski definition) is 2. The molecular weight excluding hydrogens is 278 g/mol. The van der Waals surface area contributed by atoms with Gasteiger partial charge in [-0.05, 0) is 37.5 Å². The molecule has 1 aromatic rings. The maximum atomic E-state index is 12.1. The van der Waals surface area contributed by atoms with Crippen molar-refractivity contribution in [1.29, 1.82) is 0 Å². The monoisotopic (exact) mass is 305 g/mol. The first kappa shape index (κ1) is 16.8. The number of nitrogens with zero attached hydrogens (tertiary/aromatic N) is 1. The number of rotatable bonds is 7. The summed E-state index contributed by atoms with van der Waals surface area (Å²) in [4.78, 5) is 14.0. The fraction of sp³-hybridized carbons (Fsp3) is 0.588. The third-order valence-corrected chi connectivity index (χ3v) is 4.00. The number of likely N-dealkylation sites (tertiary alicyclic amines) is 1. The number of hydrogen-bond acceptors (Lipinski definition) is 4. The van der Waals surface area contributed by atoms with Crippen LogP contribution in [0.3, 0.4) is 0 Å². The molecule has 0 atom stereocenters. The van der Waals surface area contributed by atoms with Crippen LogP contribution in [0.1, 0.15) is 18.4 Å². The molecule has 122 valence electrons. The molecule has 0 unspecified atom stereocenters. The molecule has 0 saturated carbocycles. The van der Waals surface area contributed by atoms with E-state index >= 15 is 0 Å². The summed E-state index contributed by atoms with van der Waals surface area (Å²) in [5.74, 6) is 0.185. The molecule has 1 saturated heterocycles. The minimum atomic E-state index is 0.185. The second-order valence-electron chi connectivity index (χ2n) is 5.84. The lowest BCUT2D eigenvalue weighted by atomic mass is 10.0. The minimum Gasteiger partial charge on any atom is -0.383 e. The van der Waals surface area contributed by atoms with Crippen molar-refractivity contribution < 1.29 is 9.53 Å². The average molecular weight is 305 g/mol. The highest BCUT2D eigenvalue weighted by Crippen LogP contribution is 2.17. The van der Waals surface area contributed by atoms with E-state index < -0.39 is 0 Å². The van der Waals surface area contributed by atoms with Gasteiger partial charge in [-0.1, -0.05) is 12.1 Å². The Morgan fingerprint density at radius 1 is 1.36 bits per heavy atom. The number of methoxy groups -OCH3 is 1. The summed E-state index contributed by atoms with van der Waals surface area (Å²) in [7, 11) is 1.66. The Labute approximate surface area is 133 Å². The second-order valence-corrected chi connectivity index (χ2v) is 5.84. The van der Waals surface area contributed by atoms with E-state index in [1.54, 1.807) is 7.11 Å². The smallest absolute Gasteiger partial charge is 0.236 e. The van der Waals surface area contributed by atoms with Crippen LogP contribution in [0.4, 0.5) is 5.69 Å². The molecule has 0 spiro atoms. The number of carbonyl (C=O) groups excluding carboxylic acids is 1. The summed E-state index contributed by atoms with van der Waals surface area (Å²) in [6, 6.07) is 8.89. The van der Waals surface area contributed by atoms with Gasteiger partial charge in [0.1, 0.15) is 0 Å². The molecule has 1 aliphatic heterocycles. The average Bonchev–Trinajstić information content (AvgIpc) is 2.52. The van der Waals surface area contributed by atoms with Crippen LogP contribution in [0.2, 0.25) is 0 Å². The van der Waals surface area contributed by atoms with Crippen LogP contribution in [0.15, 0.2) is 24.3 Å². The van der Waals surface area contributed by atoms with Gasteiger partial charge in [0.15, 0.2) is 0 Å². The van der Waals surface area contributed by atoms with E-state index in [1.807, 2.05) is 4.90 Å². The molecule has 5 heteroatoms. The number of carbonyl (C=O) groups is 1. The van der Waals surface area contributed by atoms with E-state index in [0.717, 1.165) is 25.9 Å². The summed E-state index contributed by atoms with van der Waals surface area (Å²) in [6.07, 6.45) is 2.00. The molecule has 5 nitrogen and oxygen atoms in total. The first-order valence-electron chi connectivity index (χ1n) is 7.99. The number of piperidine rings is 1. The molecule has 22 heavy (non-hydrogen) atoms. The van der Waals surface area contributed by atoms with E-state index in [4.69, 9.17) is 4.74 Å². The van der Waals surface area contributed by atoms with Gasteiger partial charge in [0.25, 0.3) is 0 Å². The predicted molar refractivity (Wildman–Crippen MR) is 89.1 cm³/mol. The lowest BCUT2D eigenvalue weighted by Gasteiger charge is -2.33. The van der Waals surface area contributed by atoms with Crippen molar-refractivity contribution in [3.8, 4) is 0 Å². The van der Waals surface area contributed by atoms with Crippen LogP contribution in [-0.4, -0.2) is 56.7 Å². The summed E-state index contributed by atoms with van der Waals surface area (Å²) in [6.45, 7) is 5.51. The van der Waals surface area contributed by atoms with Crippen molar-refractivity contribution in [3.05, 3.63) is 29.8 Å². The summed E-state index contributed by atoms with van der Waals surface area (Å²) in [5, 5.41) is 6.68. The zero-order valence-corrected chi connectivity index (χ0v) is 13.6. The molecule has 1 heterocycles. The lowest BCUT2D eigenvalue weighted by molar-refractivity contribution is -0.131. The summed E-state index contributed by atoms with van der Waals surface area (Å²) in [5.41, 5.74) is 2.44. The van der Waals surface area contributed by atoms with Crippen molar-refractivity contribution in [3.63, 3.8) is 0 Å². The van der Waals surface area contributed by atoms with E-state index in [9.17, 15) is 4.79 Å². The van der Waals surface area contributed by atoms with Crippen LogP contribution >= 0.6 is 0 Å². The largest absolute Gasteiger partial charge is 0.383 e. The highest BCUT2D eigenvalue weighted by atomic mass is 16.5. The molecule has 1 amide bonds. The first-order chi connectivity index (χ1) is 10.7. The Morgan fingerprint density at radius 2 is 2.14 bits per heavy atom. The van der Waals surface area contributed by atoms with Crippen molar-refractivity contribution in [2.45, 2.75) is 25.8 Å². The highest BCUT2D eigenvalue weighted by molar-refractivity contribution is 5.78. The van der Waals surface area contributed by atoms with Crippen LogP contribution < -0.4 is 10.6 Å². The van der Waals surface area contributed by atoms with Gasteiger partial charge in [-0.15, -0.1) is 0 Å². The van der Waals surface area contributed by atoms with Gasteiger partial charge >= 0.3 is 0 Å². The number of amides is 1. The van der Waals surface area contributed by atoms with Gasteiger partial charge in [-0.25, -0.2) is 0 Å². The fourth-order valence-electron chi connectivity index (χ4n) is 2.73. The summed E-state index contributed by atoms with van der Waals surface area (Å²) < 4.78 is 4.95. The fourth-order valence-corrected chi connectivity index (χ4v) is 2.73. The third-order valence-electron chi connectivity index (χ3n) is 4.00. The minimum absolute atomic E-state index is 0.185. The molecule has 0 bridgehead atoms. The van der Waals surface area contributed by atoms with Crippen molar-refractivity contribution in [2.24, 2.45) is 0 Å². The highest BCUT2D eigenvalue weighted by Gasteiger charge is 2.22. The van der Waals surface area contributed by atoms with E-state index in [1.165, 1.54) is 11.3 Å². The van der Waals surface area contributed by atoms with E-state index in [0.29, 0.717) is 25.7 Å². The van der Waals surface area contributed by atoms with Crippen molar-refractivity contribution in [1.82, 2.24) is 10.2 Å². The zero-order chi connectivity index (χ0) is 15.8. The zero-order valence-electron chi connectivity index (χ0n) is 13.6. The topological polar surface area (TPSA) is 53.6 Å². The maximum absolute atomic E-state index is 12.1. The summed E-state index contributed by atoms with van der Waals surface area (Å²) >= 11 is 0. The standard InChI is InChI=1S/C17H27N3O2/c1-14-4-3-5-16(12-14)19-15-6-9-20(10-7-15)17(21)13-18-8-11-22-2/h3-5,12,15,18-19H,6-11,13H2,1-2H3. The van der Waals surface area contributed by atoms with Crippen LogP contribution in [0, 0.1) is 6.92 Å². The second kappa shape index (κ2) is 8.76. The SMILES string of the molecule is COCCNCC(=O)N1CCC(Nc2cccc(C)c2)CC1. The van der Waals surface area contributed by atoms with E-state index in [-0.39, 0.29) is 5.91 Å².